The molecule has 32 heavy (non-hydrogen) atoms. The third-order valence-electron chi connectivity index (χ3n) is 4.95. The quantitative estimate of drug-likeness (QED) is 0.409. The molecule has 0 saturated carbocycles. The van der Waals surface area contributed by atoms with Gasteiger partial charge in [0.05, 0.1) is 5.69 Å². The number of imidazole rings is 1. The third-order valence-corrected chi connectivity index (χ3v) is 4.95. The van der Waals surface area contributed by atoms with E-state index in [1.54, 1.807) is 4.57 Å². The van der Waals surface area contributed by atoms with Gasteiger partial charge in [0.1, 0.15) is 0 Å². The average Bonchev–Trinajstić information content (AvgIpc) is 3.00. The molecule has 0 fully saturated rings. The van der Waals surface area contributed by atoms with Gasteiger partial charge < -0.3 is 14.8 Å². The lowest BCUT2D eigenvalue weighted by molar-refractivity contribution is -0.141. The molecular weight excluding hydrogens is 434 g/mol. The highest BCUT2D eigenvalue weighted by Crippen LogP contribution is 2.39. The van der Waals surface area contributed by atoms with Gasteiger partial charge in [0.2, 0.25) is 5.95 Å². The molecule has 4 nitrogen and oxygen atoms in total. The van der Waals surface area contributed by atoms with E-state index in [0.717, 1.165) is 35.2 Å². The summed E-state index contributed by atoms with van der Waals surface area (Å²) in [5.41, 5.74) is 3.70. The molecule has 1 aliphatic heterocycles. The molecule has 1 N–H and O–H groups in total. The summed E-state index contributed by atoms with van der Waals surface area (Å²) in [7, 11) is 0. The van der Waals surface area contributed by atoms with Crippen LogP contribution < -0.4 is 10.2 Å². The van der Waals surface area contributed by atoms with E-state index in [0.29, 0.717) is 25.6 Å². The van der Waals surface area contributed by atoms with E-state index in [-0.39, 0.29) is 19.2 Å². The molecule has 0 saturated heterocycles. The van der Waals surface area contributed by atoms with Crippen molar-refractivity contribution < 1.29 is 26.3 Å². The fourth-order valence-corrected chi connectivity index (χ4v) is 4.00. The Morgan fingerprint density at radius 2 is 1.56 bits per heavy atom. The van der Waals surface area contributed by atoms with E-state index >= 15 is 0 Å². The number of halogens is 6. The number of hydrogen-bond donors (Lipinski definition) is 1. The number of aromatic nitrogens is 2. The predicted octanol–water partition coefficient (Wildman–Crippen LogP) is 6.44. The van der Waals surface area contributed by atoms with Crippen LogP contribution in [0, 0.1) is 20.8 Å². The fourth-order valence-electron chi connectivity index (χ4n) is 4.00. The van der Waals surface area contributed by atoms with Crippen molar-refractivity contribution in [2.75, 3.05) is 18.0 Å². The molecule has 0 bridgehead atoms. The zero-order valence-corrected chi connectivity index (χ0v) is 19.0. The summed E-state index contributed by atoms with van der Waals surface area (Å²) in [5.74, 6) is 0.400. The van der Waals surface area contributed by atoms with Crippen LogP contribution in [0.5, 0.6) is 0 Å². The number of nitrogens with one attached hydrogen (secondary N) is 1. The molecule has 1 aliphatic rings. The number of alkyl halides is 6. The van der Waals surface area contributed by atoms with Gasteiger partial charge in [-0.25, -0.2) is 4.98 Å². The number of fused-ring (bicyclic) bond motifs is 1. The lowest BCUT2D eigenvalue weighted by Crippen LogP contribution is -2.30. The van der Waals surface area contributed by atoms with E-state index in [1.165, 1.54) is 0 Å². The lowest BCUT2D eigenvalue weighted by atomic mass is 10.0. The van der Waals surface area contributed by atoms with Crippen LogP contribution >= 0.6 is 0 Å². The summed E-state index contributed by atoms with van der Waals surface area (Å²) in [6.45, 7) is 10.3. The normalized spacial score (nSPS) is 14.2. The molecule has 0 radical (unpaired) electrons. The van der Waals surface area contributed by atoms with Gasteiger partial charge >= 0.3 is 12.4 Å². The molecule has 0 atom stereocenters. The Balaban J connectivity index is 0.000000654. The van der Waals surface area contributed by atoms with E-state index in [4.69, 9.17) is 0 Å². The van der Waals surface area contributed by atoms with Crippen LogP contribution in [0.3, 0.4) is 0 Å². The van der Waals surface area contributed by atoms with Gasteiger partial charge in [-0.1, -0.05) is 24.6 Å². The first-order valence-corrected chi connectivity index (χ1v) is 10.5. The highest BCUT2D eigenvalue weighted by atomic mass is 19.4. The van der Waals surface area contributed by atoms with Crippen LogP contribution in [-0.2, 0) is 19.3 Å². The smallest absolute Gasteiger partial charge is 0.312 e. The van der Waals surface area contributed by atoms with Crippen molar-refractivity contribution in [2.45, 2.75) is 72.9 Å². The fraction of sp³-hybridized carbons (Fsp3) is 0.591. The average molecular weight is 464 g/mol. The number of hydrogen-bond acceptors (Lipinski definition) is 3. The molecule has 0 amide bonds. The lowest BCUT2D eigenvalue weighted by Gasteiger charge is -2.32. The first-order chi connectivity index (χ1) is 14.7. The SMILES string of the molecule is CC(F)(F)F.CCCNCc1c(C(F)(F)F)nc2n1CCCN2c1c(C)cc(C)cc1C. The van der Waals surface area contributed by atoms with Crippen LogP contribution in [0.15, 0.2) is 12.1 Å². The molecule has 0 unspecified atom stereocenters. The van der Waals surface area contributed by atoms with Crippen LogP contribution in [0.25, 0.3) is 0 Å². The summed E-state index contributed by atoms with van der Waals surface area (Å²) in [6, 6.07) is 4.14. The second-order valence-corrected chi connectivity index (χ2v) is 8.07. The Morgan fingerprint density at radius 1 is 1.00 bits per heavy atom. The van der Waals surface area contributed by atoms with Gasteiger partial charge in [0.15, 0.2) is 5.69 Å². The van der Waals surface area contributed by atoms with E-state index in [2.05, 4.69) is 22.4 Å². The molecule has 2 heterocycles. The molecule has 1 aromatic carbocycles. The maximum Gasteiger partial charge on any atom is 0.435 e. The molecule has 3 rings (SSSR count). The van der Waals surface area contributed by atoms with Crippen LogP contribution in [-0.4, -0.2) is 28.8 Å². The van der Waals surface area contributed by atoms with E-state index in [1.807, 2.05) is 32.6 Å². The summed E-state index contributed by atoms with van der Waals surface area (Å²) in [6.07, 6.45) is -6.80. The molecule has 1 aromatic heterocycles. The van der Waals surface area contributed by atoms with Crippen molar-refractivity contribution in [2.24, 2.45) is 0 Å². The topological polar surface area (TPSA) is 33.1 Å². The van der Waals surface area contributed by atoms with Crippen molar-refractivity contribution in [1.82, 2.24) is 14.9 Å². The van der Waals surface area contributed by atoms with Crippen molar-refractivity contribution in [3.8, 4) is 0 Å². The van der Waals surface area contributed by atoms with Crippen molar-refractivity contribution in [3.05, 3.63) is 40.2 Å². The Kier molecular flexibility index (Phi) is 8.25. The predicted molar refractivity (Wildman–Crippen MR) is 113 cm³/mol. The summed E-state index contributed by atoms with van der Waals surface area (Å²) < 4.78 is 73.8. The number of aryl methyl sites for hydroxylation is 3. The van der Waals surface area contributed by atoms with Gasteiger partial charge in [0, 0.05) is 32.2 Å². The molecule has 2 aromatic rings. The van der Waals surface area contributed by atoms with Gasteiger partial charge in [-0.2, -0.15) is 26.3 Å². The molecule has 10 heteroatoms. The van der Waals surface area contributed by atoms with E-state index < -0.39 is 18.0 Å². The minimum absolute atomic E-state index is 0.176. The van der Waals surface area contributed by atoms with Crippen molar-refractivity contribution in [3.63, 3.8) is 0 Å². The second-order valence-electron chi connectivity index (χ2n) is 8.07. The first-order valence-electron chi connectivity index (χ1n) is 10.5. The van der Waals surface area contributed by atoms with Gasteiger partial charge in [-0.3, -0.25) is 0 Å². The van der Waals surface area contributed by atoms with Crippen LogP contribution in [0.4, 0.5) is 38.0 Å². The monoisotopic (exact) mass is 464 g/mol. The van der Waals surface area contributed by atoms with Gasteiger partial charge in [0.25, 0.3) is 0 Å². The van der Waals surface area contributed by atoms with Gasteiger partial charge in [-0.05, 0) is 51.3 Å². The van der Waals surface area contributed by atoms with Gasteiger partial charge in [-0.15, -0.1) is 0 Å². The maximum atomic E-state index is 13.7. The minimum Gasteiger partial charge on any atom is -0.312 e. The van der Waals surface area contributed by atoms with Crippen molar-refractivity contribution in [1.29, 1.82) is 0 Å². The minimum atomic E-state index is -4.46. The van der Waals surface area contributed by atoms with Crippen LogP contribution in [0.2, 0.25) is 0 Å². The first kappa shape index (κ1) is 26.0. The van der Waals surface area contributed by atoms with E-state index in [9.17, 15) is 26.3 Å². The molecule has 0 aliphatic carbocycles. The largest absolute Gasteiger partial charge is 0.435 e. The Bertz CT molecular complexity index is 885. The highest BCUT2D eigenvalue weighted by molar-refractivity contribution is 5.68. The standard InChI is InChI=1S/C20H27F3N4.C2H3F3/c1-5-7-24-12-16-18(20(21,22)23)25-19-26(16)8-6-9-27(19)17-14(3)10-13(2)11-15(17)4;1-2(3,4)5/h10-11,24H,5-9,12H2,1-4H3;1H3. The second kappa shape index (κ2) is 10.1. The van der Waals surface area contributed by atoms with Crippen LogP contribution in [0.1, 0.15) is 54.8 Å². The number of rotatable bonds is 5. The summed E-state index contributed by atoms with van der Waals surface area (Å²) in [4.78, 5) is 6.04. The number of benzene rings is 1. The molecule has 180 valence electrons. The highest BCUT2D eigenvalue weighted by Gasteiger charge is 2.40. The summed E-state index contributed by atoms with van der Waals surface area (Å²) in [5, 5.41) is 3.11. The molecular formula is C22H30F6N4. The Labute approximate surface area is 184 Å². The summed E-state index contributed by atoms with van der Waals surface area (Å²) >= 11 is 0. The zero-order chi connectivity index (χ0) is 24.3. The van der Waals surface area contributed by atoms with Crippen molar-refractivity contribution >= 4 is 11.6 Å². The Morgan fingerprint density at radius 3 is 2.06 bits per heavy atom. The maximum absolute atomic E-state index is 13.7. The zero-order valence-electron chi connectivity index (χ0n) is 19.0. The third kappa shape index (κ3) is 6.63. The number of nitrogens with zero attached hydrogens (tertiary/aromatic N) is 3. The molecule has 0 spiro atoms. The Hall–Kier alpha value is -2.23. The number of anilines is 2.